The molecule has 146 valence electrons. The number of ether oxygens (including phenoxy) is 1. The van der Waals surface area contributed by atoms with E-state index in [1.807, 2.05) is 18.3 Å². The van der Waals surface area contributed by atoms with Crippen LogP contribution >= 0.6 is 0 Å². The smallest absolute Gasteiger partial charge is 0.231 e. The van der Waals surface area contributed by atoms with E-state index < -0.39 is 5.92 Å². The predicted molar refractivity (Wildman–Crippen MR) is 104 cm³/mol. The molecular formula is C21H24N4O3. The van der Waals surface area contributed by atoms with Crippen LogP contribution in [0.5, 0.6) is 5.75 Å². The summed E-state index contributed by atoms with van der Waals surface area (Å²) in [4.78, 5) is 36.5. The number of fused-ring (bicyclic) bond motifs is 2. The largest absolute Gasteiger partial charge is 0.495 e. The van der Waals surface area contributed by atoms with Crippen LogP contribution in [0.3, 0.4) is 0 Å². The molecule has 28 heavy (non-hydrogen) atoms. The third-order valence-electron chi connectivity index (χ3n) is 5.24. The highest BCUT2D eigenvalue weighted by molar-refractivity contribution is 6.02. The SMILES string of the molecule is COc1cccc2c1NC(=O)CC2C(=O)N1Cc2cnc(C(C)(C)C)nc2C1. The fourth-order valence-electron chi connectivity index (χ4n) is 3.74. The number of carbonyl (C=O) groups excluding carboxylic acids is 2. The van der Waals surface area contributed by atoms with Crippen LogP contribution in [-0.4, -0.2) is 33.8 Å². The maximum absolute atomic E-state index is 13.3. The Hall–Kier alpha value is -2.96. The first-order valence-corrected chi connectivity index (χ1v) is 9.38. The molecule has 2 aliphatic heterocycles. The molecule has 2 aromatic rings. The molecule has 2 aliphatic rings. The van der Waals surface area contributed by atoms with Gasteiger partial charge in [-0.1, -0.05) is 32.9 Å². The lowest BCUT2D eigenvalue weighted by molar-refractivity contribution is -0.135. The Kier molecular flexibility index (Phi) is 4.33. The first-order valence-electron chi connectivity index (χ1n) is 9.38. The number of hydrogen-bond donors (Lipinski definition) is 1. The van der Waals surface area contributed by atoms with E-state index in [1.54, 1.807) is 18.1 Å². The van der Waals surface area contributed by atoms with Crippen molar-refractivity contribution in [3.05, 3.63) is 47.0 Å². The van der Waals surface area contributed by atoms with Gasteiger partial charge in [-0.05, 0) is 11.6 Å². The molecule has 3 heterocycles. The lowest BCUT2D eigenvalue weighted by Gasteiger charge is -2.29. The Morgan fingerprint density at radius 1 is 1.29 bits per heavy atom. The van der Waals surface area contributed by atoms with Crippen molar-refractivity contribution in [1.29, 1.82) is 0 Å². The van der Waals surface area contributed by atoms with Gasteiger partial charge in [-0.25, -0.2) is 9.97 Å². The molecule has 4 rings (SSSR count). The molecule has 0 spiro atoms. The number of aromatic nitrogens is 2. The maximum Gasteiger partial charge on any atom is 0.231 e. The van der Waals surface area contributed by atoms with E-state index in [4.69, 9.17) is 4.74 Å². The number of anilines is 1. The van der Waals surface area contributed by atoms with E-state index >= 15 is 0 Å². The molecule has 1 atom stereocenters. The predicted octanol–water partition coefficient (Wildman–Crippen LogP) is 2.75. The van der Waals surface area contributed by atoms with Gasteiger partial charge >= 0.3 is 0 Å². The number of para-hydroxylation sites is 1. The maximum atomic E-state index is 13.3. The average molecular weight is 380 g/mol. The minimum Gasteiger partial charge on any atom is -0.495 e. The van der Waals surface area contributed by atoms with Crippen molar-refractivity contribution in [3.8, 4) is 5.75 Å². The van der Waals surface area contributed by atoms with Gasteiger partial charge < -0.3 is 15.0 Å². The molecule has 7 heteroatoms. The molecule has 0 saturated carbocycles. The minimum absolute atomic E-state index is 0.0698. The molecule has 1 unspecified atom stereocenters. The lowest BCUT2D eigenvalue weighted by Crippen LogP contribution is -2.36. The zero-order valence-electron chi connectivity index (χ0n) is 16.6. The topological polar surface area (TPSA) is 84.4 Å². The van der Waals surface area contributed by atoms with E-state index in [0.717, 1.165) is 22.6 Å². The number of nitrogens with one attached hydrogen (secondary N) is 1. The third kappa shape index (κ3) is 3.10. The molecule has 2 amide bonds. The van der Waals surface area contributed by atoms with Gasteiger partial charge in [0.1, 0.15) is 11.6 Å². The first kappa shape index (κ1) is 18.4. The van der Waals surface area contributed by atoms with Crippen molar-refractivity contribution in [3.63, 3.8) is 0 Å². The zero-order valence-corrected chi connectivity index (χ0v) is 16.6. The summed E-state index contributed by atoms with van der Waals surface area (Å²) in [6.45, 7) is 7.11. The summed E-state index contributed by atoms with van der Waals surface area (Å²) in [6, 6.07) is 5.50. The van der Waals surface area contributed by atoms with Crippen LogP contribution < -0.4 is 10.1 Å². The number of hydrogen-bond acceptors (Lipinski definition) is 5. The average Bonchev–Trinajstić information content (AvgIpc) is 3.09. The molecule has 0 bridgehead atoms. The second-order valence-corrected chi connectivity index (χ2v) is 8.34. The molecule has 1 N–H and O–H groups in total. The third-order valence-corrected chi connectivity index (χ3v) is 5.24. The van der Waals surface area contributed by atoms with Crippen LogP contribution in [0, 0.1) is 0 Å². The van der Waals surface area contributed by atoms with Crippen molar-refractivity contribution in [2.45, 2.75) is 51.6 Å². The van der Waals surface area contributed by atoms with Crippen LogP contribution in [-0.2, 0) is 28.1 Å². The van der Waals surface area contributed by atoms with Crippen molar-refractivity contribution in [2.75, 3.05) is 12.4 Å². The van der Waals surface area contributed by atoms with Crippen molar-refractivity contribution < 1.29 is 14.3 Å². The normalized spacial score (nSPS) is 18.4. The summed E-state index contributed by atoms with van der Waals surface area (Å²) in [5.41, 5.74) is 3.09. The fraction of sp³-hybridized carbons (Fsp3) is 0.429. The van der Waals surface area contributed by atoms with E-state index in [-0.39, 0.29) is 23.7 Å². The standard InChI is InChI=1S/C21H24N4O3/c1-21(2,3)20-22-9-12-10-25(11-15(12)23-20)19(27)14-8-17(26)24-18-13(14)6-5-7-16(18)28-4/h5-7,9,14H,8,10-11H2,1-4H3,(H,24,26). The lowest BCUT2D eigenvalue weighted by atomic mass is 9.89. The van der Waals surface area contributed by atoms with Gasteiger partial charge in [0.25, 0.3) is 0 Å². The molecule has 7 nitrogen and oxygen atoms in total. The van der Waals surface area contributed by atoms with Gasteiger partial charge in [0, 0.05) is 30.1 Å². The van der Waals surface area contributed by atoms with Crippen LogP contribution in [0.1, 0.15) is 55.8 Å². The summed E-state index contributed by atoms with van der Waals surface area (Å²) in [5, 5.41) is 2.84. The second kappa shape index (κ2) is 6.58. The molecule has 0 saturated heterocycles. The summed E-state index contributed by atoms with van der Waals surface area (Å²) in [7, 11) is 1.55. The molecule has 0 aliphatic carbocycles. The summed E-state index contributed by atoms with van der Waals surface area (Å²) in [6.07, 6.45) is 1.95. The van der Waals surface area contributed by atoms with Crippen LogP contribution in [0.2, 0.25) is 0 Å². The number of amides is 2. The van der Waals surface area contributed by atoms with E-state index in [0.29, 0.717) is 24.5 Å². The van der Waals surface area contributed by atoms with E-state index in [2.05, 4.69) is 36.1 Å². The molecular weight excluding hydrogens is 356 g/mol. The monoisotopic (exact) mass is 380 g/mol. The van der Waals surface area contributed by atoms with Crippen molar-refractivity contribution >= 4 is 17.5 Å². The minimum atomic E-state index is -0.525. The fourth-order valence-corrected chi connectivity index (χ4v) is 3.74. The van der Waals surface area contributed by atoms with Crippen LogP contribution in [0.15, 0.2) is 24.4 Å². The molecule has 0 fully saturated rings. The van der Waals surface area contributed by atoms with E-state index in [1.165, 1.54) is 0 Å². The van der Waals surface area contributed by atoms with Gasteiger partial charge in [0.2, 0.25) is 11.8 Å². The number of carbonyl (C=O) groups is 2. The highest BCUT2D eigenvalue weighted by Crippen LogP contribution is 2.40. The second-order valence-electron chi connectivity index (χ2n) is 8.34. The van der Waals surface area contributed by atoms with Crippen LogP contribution in [0.4, 0.5) is 5.69 Å². The van der Waals surface area contributed by atoms with Crippen molar-refractivity contribution in [2.24, 2.45) is 0 Å². The highest BCUT2D eigenvalue weighted by atomic mass is 16.5. The van der Waals surface area contributed by atoms with Gasteiger partial charge in [-0.2, -0.15) is 0 Å². The summed E-state index contributed by atoms with van der Waals surface area (Å²) < 4.78 is 5.35. The quantitative estimate of drug-likeness (QED) is 0.866. The molecule has 0 radical (unpaired) electrons. The summed E-state index contributed by atoms with van der Waals surface area (Å²) in [5.74, 6) is 0.561. The Morgan fingerprint density at radius 3 is 2.79 bits per heavy atom. The first-order chi connectivity index (χ1) is 13.3. The summed E-state index contributed by atoms with van der Waals surface area (Å²) >= 11 is 0. The number of benzene rings is 1. The van der Waals surface area contributed by atoms with Gasteiger partial charge in [-0.3, -0.25) is 9.59 Å². The van der Waals surface area contributed by atoms with Crippen LogP contribution in [0.25, 0.3) is 0 Å². The van der Waals surface area contributed by atoms with Gasteiger partial charge in [0.05, 0.1) is 31.0 Å². The Bertz CT molecular complexity index is 965. The van der Waals surface area contributed by atoms with Crippen molar-refractivity contribution in [1.82, 2.24) is 14.9 Å². The highest BCUT2D eigenvalue weighted by Gasteiger charge is 2.37. The van der Waals surface area contributed by atoms with E-state index in [9.17, 15) is 9.59 Å². The van der Waals surface area contributed by atoms with Gasteiger partial charge in [0.15, 0.2) is 0 Å². The molecule has 1 aromatic carbocycles. The Balaban J connectivity index is 1.62. The number of nitrogens with zero attached hydrogens (tertiary/aromatic N) is 3. The number of rotatable bonds is 2. The molecule has 1 aromatic heterocycles. The Morgan fingerprint density at radius 2 is 2.07 bits per heavy atom. The van der Waals surface area contributed by atoms with Gasteiger partial charge in [-0.15, -0.1) is 0 Å². The Labute approximate surface area is 164 Å². The number of methoxy groups -OCH3 is 1. The zero-order chi connectivity index (χ0) is 20.1.